The zero-order valence-electron chi connectivity index (χ0n) is 12.8. The van der Waals surface area contributed by atoms with Gasteiger partial charge in [-0.3, -0.25) is 0 Å². The van der Waals surface area contributed by atoms with Gasteiger partial charge in [0, 0.05) is 23.5 Å². The van der Waals surface area contributed by atoms with Gasteiger partial charge in [0.15, 0.2) is 0 Å². The summed E-state index contributed by atoms with van der Waals surface area (Å²) in [6.07, 6.45) is 6.68. The maximum atomic E-state index is 2.31. The van der Waals surface area contributed by atoms with Gasteiger partial charge in [-0.2, -0.15) is 0 Å². The predicted molar refractivity (Wildman–Crippen MR) is 94.3 cm³/mol. The summed E-state index contributed by atoms with van der Waals surface area (Å²) < 4.78 is 2.25. The Morgan fingerprint density at radius 2 is 1.68 bits per heavy atom. The minimum absolute atomic E-state index is 1.11. The fraction of sp³-hybridized carbons (Fsp3) is 0.143. The Labute approximate surface area is 130 Å². The van der Waals surface area contributed by atoms with Crippen LogP contribution in [0.5, 0.6) is 0 Å². The van der Waals surface area contributed by atoms with E-state index in [-0.39, 0.29) is 0 Å². The molecule has 0 radical (unpaired) electrons. The van der Waals surface area contributed by atoms with Gasteiger partial charge in [-0.25, -0.2) is 0 Å². The minimum Gasteiger partial charge on any atom is -0.323 e. The first-order valence-corrected chi connectivity index (χ1v) is 7.94. The van der Waals surface area contributed by atoms with Crippen LogP contribution in [0.4, 0.5) is 0 Å². The third kappa shape index (κ3) is 2.10. The lowest BCUT2D eigenvalue weighted by Gasteiger charge is -2.06. The van der Waals surface area contributed by atoms with Gasteiger partial charge in [0.1, 0.15) is 0 Å². The van der Waals surface area contributed by atoms with Crippen molar-refractivity contribution in [1.82, 2.24) is 4.40 Å². The zero-order chi connectivity index (χ0) is 14.9. The zero-order valence-corrected chi connectivity index (χ0v) is 12.8. The van der Waals surface area contributed by atoms with Gasteiger partial charge in [0.2, 0.25) is 0 Å². The summed E-state index contributed by atoms with van der Waals surface area (Å²) in [4.78, 5) is 0. The Hall–Kier alpha value is -2.54. The largest absolute Gasteiger partial charge is 0.323 e. The average Bonchev–Trinajstić information content (AvgIpc) is 2.94. The van der Waals surface area contributed by atoms with Gasteiger partial charge in [0.05, 0.1) is 0 Å². The van der Waals surface area contributed by atoms with Crippen molar-refractivity contribution in [3.63, 3.8) is 0 Å². The van der Waals surface area contributed by atoms with Crippen molar-refractivity contribution >= 4 is 16.3 Å². The molecule has 2 aromatic carbocycles. The van der Waals surface area contributed by atoms with Crippen molar-refractivity contribution in [2.24, 2.45) is 0 Å². The molecule has 0 saturated carbocycles. The standard InChI is InChI=1S/C21H19N/c1-2-7-19-20(15-22-13-6-5-10-21(19)22)18-12-11-16-8-3-4-9-17(16)14-18/h3-6,8-15H,2,7H2,1H3. The predicted octanol–water partition coefficient (Wildman–Crippen LogP) is 5.71. The highest BCUT2D eigenvalue weighted by molar-refractivity contribution is 5.89. The van der Waals surface area contributed by atoms with E-state index >= 15 is 0 Å². The topological polar surface area (TPSA) is 4.41 Å². The molecule has 0 aliphatic rings. The monoisotopic (exact) mass is 285 g/mol. The highest BCUT2D eigenvalue weighted by Gasteiger charge is 2.11. The molecule has 22 heavy (non-hydrogen) atoms. The van der Waals surface area contributed by atoms with Crippen LogP contribution in [0.15, 0.2) is 73.1 Å². The van der Waals surface area contributed by atoms with Crippen LogP contribution in [0, 0.1) is 0 Å². The maximum absolute atomic E-state index is 2.31. The normalized spacial score (nSPS) is 11.3. The molecule has 4 rings (SSSR count). The Balaban J connectivity index is 1.96. The third-order valence-corrected chi connectivity index (χ3v) is 4.35. The number of pyridine rings is 1. The summed E-state index contributed by atoms with van der Waals surface area (Å²) in [5.74, 6) is 0. The lowest BCUT2D eigenvalue weighted by molar-refractivity contribution is 0.931. The van der Waals surface area contributed by atoms with Crippen molar-refractivity contribution < 1.29 is 0 Å². The van der Waals surface area contributed by atoms with E-state index in [1.807, 2.05) is 0 Å². The van der Waals surface area contributed by atoms with E-state index in [1.54, 1.807) is 0 Å². The van der Waals surface area contributed by atoms with Crippen LogP contribution in [0.2, 0.25) is 0 Å². The van der Waals surface area contributed by atoms with Crippen LogP contribution in [-0.4, -0.2) is 4.40 Å². The average molecular weight is 285 g/mol. The maximum Gasteiger partial charge on any atom is 0.0488 e. The first-order chi connectivity index (χ1) is 10.9. The number of nitrogens with zero attached hydrogens (tertiary/aromatic N) is 1. The fourth-order valence-electron chi connectivity index (χ4n) is 3.30. The van der Waals surface area contributed by atoms with E-state index in [2.05, 4.69) is 84.4 Å². The van der Waals surface area contributed by atoms with Crippen LogP contribution < -0.4 is 0 Å². The molecule has 0 bridgehead atoms. The summed E-state index contributed by atoms with van der Waals surface area (Å²) in [6, 6.07) is 21.8. The van der Waals surface area contributed by atoms with Crippen molar-refractivity contribution in [1.29, 1.82) is 0 Å². The highest BCUT2D eigenvalue weighted by Crippen LogP contribution is 2.31. The molecule has 0 atom stereocenters. The number of aromatic nitrogens is 1. The molecule has 0 unspecified atom stereocenters. The second-order valence-corrected chi connectivity index (χ2v) is 5.83. The lowest BCUT2D eigenvalue weighted by atomic mass is 9.98. The quantitative estimate of drug-likeness (QED) is 0.454. The van der Waals surface area contributed by atoms with Crippen LogP contribution in [0.3, 0.4) is 0 Å². The molecule has 4 aromatic rings. The molecular formula is C21H19N. The second-order valence-electron chi connectivity index (χ2n) is 5.83. The van der Waals surface area contributed by atoms with Crippen LogP contribution in [-0.2, 0) is 6.42 Å². The molecule has 2 heterocycles. The Kier molecular flexibility index (Phi) is 3.19. The van der Waals surface area contributed by atoms with Crippen LogP contribution >= 0.6 is 0 Å². The molecule has 108 valence electrons. The molecule has 2 aromatic heterocycles. The fourth-order valence-corrected chi connectivity index (χ4v) is 3.30. The number of hydrogen-bond acceptors (Lipinski definition) is 0. The van der Waals surface area contributed by atoms with Crippen molar-refractivity contribution in [2.45, 2.75) is 19.8 Å². The van der Waals surface area contributed by atoms with Gasteiger partial charge in [-0.05, 0) is 46.5 Å². The number of fused-ring (bicyclic) bond motifs is 2. The lowest BCUT2D eigenvalue weighted by Crippen LogP contribution is -1.86. The first-order valence-electron chi connectivity index (χ1n) is 7.94. The summed E-state index contributed by atoms with van der Waals surface area (Å²) in [6.45, 7) is 2.25. The van der Waals surface area contributed by atoms with Crippen molar-refractivity contribution in [3.05, 3.63) is 78.6 Å². The smallest absolute Gasteiger partial charge is 0.0488 e. The van der Waals surface area contributed by atoms with Gasteiger partial charge in [0.25, 0.3) is 0 Å². The van der Waals surface area contributed by atoms with Crippen LogP contribution in [0.1, 0.15) is 18.9 Å². The SMILES string of the molecule is CCCc1c(-c2ccc3ccccc3c2)cn2ccccc12. The summed E-state index contributed by atoms with van der Waals surface area (Å²) in [5, 5.41) is 2.60. The molecule has 0 aliphatic heterocycles. The molecule has 1 nitrogen and oxygen atoms in total. The van der Waals surface area contributed by atoms with E-state index in [4.69, 9.17) is 0 Å². The van der Waals surface area contributed by atoms with Gasteiger partial charge >= 0.3 is 0 Å². The third-order valence-electron chi connectivity index (χ3n) is 4.35. The molecule has 0 saturated heterocycles. The van der Waals surface area contributed by atoms with Crippen LogP contribution in [0.25, 0.3) is 27.4 Å². The minimum atomic E-state index is 1.11. The van der Waals surface area contributed by atoms with E-state index in [9.17, 15) is 0 Å². The van der Waals surface area contributed by atoms with Gasteiger partial charge in [-0.15, -0.1) is 0 Å². The Morgan fingerprint density at radius 3 is 2.55 bits per heavy atom. The summed E-state index contributed by atoms with van der Waals surface area (Å²) in [7, 11) is 0. The number of aryl methyl sites for hydroxylation is 1. The van der Waals surface area contributed by atoms with Crippen molar-refractivity contribution in [3.8, 4) is 11.1 Å². The number of hydrogen-bond donors (Lipinski definition) is 0. The van der Waals surface area contributed by atoms with E-state index in [0.717, 1.165) is 12.8 Å². The van der Waals surface area contributed by atoms with Gasteiger partial charge in [-0.1, -0.05) is 55.8 Å². The highest BCUT2D eigenvalue weighted by atomic mass is 14.9. The molecule has 0 amide bonds. The number of benzene rings is 2. The molecular weight excluding hydrogens is 266 g/mol. The summed E-state index contributed by atoms with van der Waals surface area (Å²) in [5.41, 5.74) is 5.45. The molecule has 0 spiro atoms. The molecule has 0 N–H and O–H groups in total. The van der Waals surface area contributed by atoms with E-state index in [0.29, 0.717) is 0 Å². The Bertz CT molecular complexity index is 946. The Morgan fingerprint density at radius 1 is 0.864 bits per heavy atom. The summed E-state index contributed by atoms with van der Waals surface area (Å²) >= 11 is 0. The van der Waals surface area contributed by atoms with Gasteiger partial charge < -0.3 is 4.40 Å². The first kappa shape index (κ1) is 13.1. The number of rotatable bonds is 3. The van der Waals surface area contributed by atoms with E-state index < -0.39 is 0 Å². The molecule has 0 fully saturated rings. The van der Waals surface area contributed by atoms with Crippen molar-refractivity contribution in [2.75, 3.05) is 0 Å². The van der Waals surface area contributed by atoms with E-state index in [1.165, 1.54) is 33.0 Å². The molecule has 1 heteroatoms. The molecule has 0 aliphatic carbocycles. The second kappa shape index (κ2) is 5.34.